The summed E-state index contributed by atoms with van der Waals surface area (Å²) in [6, 6.07) is 62.4. The molecule has 0 N–H and O–H groups in total. The van der Waals surface area contributed by atoms with Gasteiger partial charge in [-0.15, -0.1) is 0 Å². The van der Waals surface area contributed by atoms with Crippen LogP contribution in [-0.4, -0.2) is 15.0 Å². The molecule has 0 bridgehead atoms. The summed E-state index contributed by atoms with van der Waals surface area (Å²) in [5, 5.41) is 9.75. The number of rotatable bonds is 6. The van der Waals surface area contributed by atoms with E-state index < -0.39 is 7.92 Å². The molecular weight excluding hydrogens is 613 g/mol. The molecule has 4 heteroatoms. The van der Waals surface area contributed by atoms with Gasteiger partial charge in [0, 0.05) is 33.5 Å². The Morgan fingerprint density at radius 2 is 1.00 bits per heavy atom. The van der Waals surface area contributed by atoms with E-state index in [9.17, 15) is 0 Å². The quantitative estimate of drug-likeness (QED) is 0.134. The Bertz CT molecular complexity index is 2570. The van der Waals surface area contributed by atoms with Gasteiger partial charge in [0.25, 0.3) is 0 Å². The topological polar surface area (TPSA) is 38.7 Å². The number of fused-ring (bicyclic) bond motifs is 5. The van der Waals surface area contributed by atoms with E-state index in [-0.39, 0.29) is 0 Å². The molecule has 49 heavy (non-hydrogen) atoms. The fourth-order valence-electron chi connectivity index (χ4n) is 6.88. The molecule has 9 aromatic rings. The van der Waals surface area contributed by atoms with Crippen LogP contribution in [-0.2, 0) is 0 Å². The second-order valence-corrected chi connectivity index (χ2v) is 14.3. The van der Waals surface area contributed by atoms with Gasteiger partial charge in [-0.2, -0.15) is 0 Å². The maximum absolute atomic E-state index is 5.40. The fourth-order valence-corrected chi connectivity index (χ4v) is 9.22. The largest absolute Gasteiger partial charge is 0.255 e. The third-order valence-electron chi connectivity index (χ3n) is 9.06. The van der Waals surface area contributed by atoms with Crippen molar-refractivity contribution in [1.29, 1.82) is 0 Å². The molecule has 0 atom stereocenters. The van der Waals surface area contributed by atoms with Crippen molar-refractivity contribution < 1.29 is 0 Å². The van der Waals surface area contributed by atoms with Gasteiger partial charge in [0.1, 0.15) is 0 Å². The van der Waals surface area contributed by atoms with E-state index in [1.165, 1.54) is 26.7 Å². The lowest BCUT2D eigenvalue weighted by Gasteiger charge is -2.20. The average molecular weight is 644 g/mol. The van der Waals surface area contributed by atoms with Crippen LogP contribution in [0.3, 0.4) is 0 Å². The summed E-state index contributed by atoms with van der Waals surface area (Å²) in [6.45, 7) is 0. The Hall–Kier alpha value is -6.02. The van der Waals surface area contributed by atoms with E-state index in [2.05, 4.69) is 157 Å². The molecule has 3 heterocycles. The maximum Gasteiger partial charge on any atom is 0.0893 e. The zero-order valence-electron chi connectivity index (χ0n) is 26.6. The molecule has 3 nitrogen and oxygen atoms in total. The normalized spacial score (nSPS) is 11.4. The van der Waals surface area contributed by atoms with Gasteiger partial charge in [-0.3, -0.25) is 4.98 Å². The van der Waals surface area contributed by atoms with Gasteiger partial charge in [0.15, 0.2) is 0 Å². The van der Waals surface area contributed by atoms with E-state index >= 15 is 0 Å². The predicted molar refractivity (Wildman–Crippen MR) is 207 cm³/mol. The minimum absolute atomic E-state index is 0.771. The van der Waals surface area contributed by atoms with E-state index in [1.54, 1.807) is 0 Å². The maximum atomic E-state index is 5.40. The van der Waals surface area contributed by atoms with Crippen LogP contribution >= 0.6 is 7.92 Å². The van der Waals surface area contributed by atoms with Crippen molar-refractivity contribution in [1.82, 2.24) is 15.0 Å². The van der Waals surface area contributed by atoms with Crippen LogP contribution in [0, 0.1) is 0 Å². The molecule has 0 aliphatic carbocycles. The molecule has 3 aromatic heterocycles. The van der Waals surface area contributed by atoms with Crippen molar-refractivity contribution in [2.45, 2.75) is 0 Å². The number of benzene rings is 6. The summed E-state index contributed by atoms with van der Waals surface area (Å²) < 4.78 is 0. The minimum Gasteiger partial charge on any atom is -0.255 e. The first kappa shape index (κ1) is 29.1. The molecule has 0 saturated carbocycles. The van der Waals surface area contributed by atoms with Crippen molar-refractivity contribution in [3.05, 3.63) is 182 Å². The Kier molecular flexibility index (Phi) is 7.46. The van der Waals surface area contributed by atoms with Crippen LogP contribution in [0.25, 0.3) is 66.4 Å². The van der Waals surface area contributed by atoms with Crippen LogP contribution in [0.1, 0.15) is 0 Å². The Labute approximate surface area is 286 Å². The molecular formula is C45H30N3P. The zero-order valence-corrected chi connectivity index (χ0v) is 27.5. The number of hydrogen-bond acceptors (Lipinski definition) is 3. The van der Waals surface area contributed by atoms with Gasteiger partial charge in [-0.25, -0.2) is 9.97 Å². The third kappa shape index (κ3) is 5.35. The number of hydrogen-bond donors (Lipinski definition) is 0. The third-order valence-corrected chi connectivity index (χ3v) is 11.5. The number of nitrogens with zero attached hydrogens (tertiary/aromatic N) is 3. The zero-order chi connectivity index (χ0) is 32.6. The molecule has 0 amide bonds. The Morgan fingerprint density at radius 3 is 1.76 bits per heavy atom. The highest BCUT2D eigenvalue weighted by atomic mass is 31.1. The fraction of sp³-hybridized carbons (Fsp3) is 0. The molecule has 6 aromatic carbocycles. The standard InChI is InChI=1S/C45H30N3P/c1-3-16-32(17-4-1)49(33-18-5-2-6-19-33)34-20-13-15-31(29-34)45-39-30-38(41-26-14-27-43(47-41)42-25-11-12-28-46-42)35-21-7-8-22-36(35)44(39)37-23-9-10-24-40(37)48-45/h1-30H. The van der Waals surface area contributed by atoms with Gasteiger partial charge < -0.3 is 0 Å². The van der Waals surface area contributed by atoms with Crippen LogP contribution in [0.4, 0.5) is 0 Å². The summed E-state index contributed by atoms with van der Waals surface area (Å²) in [5.74, 6) is 0. The van der Waals surface area contributed by atoms with Crippen LogP contribution < -0.4 is 15.9 Å². The number of aromatic nitrogens is 3. The molecule has 0 aliphatic rings. The second-order valence-electron chi connectivity index (χ2n) is 12.0. The van der Waals surface area contributed by atoms with E-state index in [0.717, 1.165) is 55.6 Å². The smallest absolute Gasteiger partial charge is 0.0893 e. The molecule has 0 fully saturated rings. The highest BCUT2D eigenvalue weighted by Gasteiger charge is 2.20. The Balaban J connectivity index is 1.31. The first-order chi connectivity index (χ1) is 24.3. The van der Waals surface area contributed by atoms with Gasteiger partial charge in [-0.1, -0.05) is 133 Å². The lowest BCUT2D eigenvalue weighted by molar-refractivity contribution is 1.25. The molecule has 0 saturated heterocycles. The first-order valence-electron chi connectivity index (χ1n) is 16.5. The lowest BCUT2D eigenvalue weighted by Crippen LogP contribution is -2.20. The highest BCUT2D eigenvalue weighted by molar-refractivity contribution is 7.79. The SMILES string of the molecule is c1ccc(P(c2ccccc2)c2cccc(-c3nc4ccccc4c4c3cc(-c3cccc(-c5ccccn5)n3)c3ccccc34)c2)cc1. The van der Waals surface area contributed by atoms with E-state index in [0.29, 0.717) is 0 Å². The monoisotopic (exact) mass is 643 g/mol. The predicted octanol–water partition coefficient (Wildman–Crippen LogP) is 10.1. The van der Waals surface area contributed by atoms with Crippen molar-refractivity contribution in [3.63, 3.8) is 0 Å². The summed E-state index contributed by atoms with van der Waals surface area (Å²) in [6.07, 6.45) is 1.81. The Morgan fingerprint density at radius 1 is 0.388 bits per heavy atom. The summed E-state index contributed by atoms with van der Waals surface area (Å²) in [7, 11) is -0.771. The molecule has 0 aliphatic heterocycles. The molecule has 230 valence electrons. The number of para-hydroxylation sites is 1. The van der Waals surface area contributed by atoms with E-state index in [4.69, 9.17) is 9.97 Å². The molecule has 9 rings (SSSR count). The lowest BCUT2D eigenvalue weighted by atomic mass is 9.91. The van der Waals surface area contributed by atoms with Crippen molar-refractivity contribution in [3.8, 4) is 33.9 Å². The molecule has 0 unspecified atom stereocenters. The van der Waals surface area contributed by atoms with Gasteiger partial charge in [0.05, 0.1) is 28.3 Å². The van der Waals surface area contributed by atoms with Crippen molar-refractivity contribution in [2.75, 3.05) is 0 Å². The van der Waals surface area contributed by atoms with Gasteiger partial charge in [0.2, 0.25) is 0 Å². The summed E-state index contributed by atoms with van der Waals surface area (Å²) >= 11 is 0. The van der Waals surface area contributed by atoms with E-state index in [1.807, 2.05) is 30.5 Å². The van der Waals surface area contributed by atoms with Crippen LogP contribution in [0.15, 0.2) is 182 Å². The van der Waals surface area contributed by atoms with Crippen LogP contribution in [0.2, 0.25) is 0 Å². The van der Waals surface area contributed by atoms with Gasteiger partial charge in [-0.05, 0) is 77.1 Å². The molecule has 0 radical (unpaired) electrons. The van der Waals surface area contributed by atoms with Crippen LogP contribution in [0.5, 0.6) is 0 Å². The average Bonchev–Trinajstić information content (AvgIpc) is 3.18. The minimum atomic E-state index is -0.771. The highest BCUT2D eigenvalue weighted by Crippen LogP contribution is 2.42. The molecule has 0 spiro atoms. The van der Waals surface area contributed by atoms with Gasteiger partial charge >= 0.3 is 0 Å². The summed E-state index contributed by atoms with van der Waals surface area (Å²) in [5.41, 5.74) is 6.74. The number of pyridine rings is 3. The van der Waals surface area contributed by atoms with Crippen molar-refractivity contribution >= 4 is 56.3 Å². The van der Waals surface area contributed by atoms with Crippen molar-refractivity contribution in [2.24, 2.45) is 0 Å². The summed E-state index contributed by atoms with van der Waals surface area (Å²) in [4.78, 5) is 15.1. The second kappa shape index (κ2) is 12.5. The first-order valence-corrected chi connectivity index (χ1v) is 17.8.